The maximum Gasteiger partial charge on any atom is 0.317 e. The van der Waals surface area contributed by atoms with E-state index in [1.807, 2.05) is 35.7 Å². The molecule has 2 atom stereocenters. The Bertz CT molecular complexity index is 383. The zero-order chi connectivity index (χ0) is 13.7. The van der Waals surface area contributed by atoms with Gasteiger partial charge in [-0.05, 0) is 26.3 Å². The zero-order valence-electron chi connectivity index (χ0n) is 11.6. The van der Waals surface area contributed by atoms with Gasteiger partial charge in [0.25, 0.3) is 0 Å². The first-order valence-electron chi connectivity index (χ1n) is 6.81. The monoisotopic (exact) mass is 266 g/mol. The predicted molar refractivity (Wildman–Crippen MR) is 71.8 cm³/mol. The van der Waals surface area contributed by atoms with Crippen molar-refractivity contribution in [2.45, 2.75) is 39.0 Å². The Morgan fingerprint density at radius 2 is 2.16 bits per heavy atom. The summed E-state index contributed by atoms with van der Waals surface area (Å²) < 4.78 is 7.47. The van der Waals surface area contributed by atoms with E-state index in [2.05, 4.69) is 10.4 Å². The van der Waals surface area contributed by atoms with Gasteiger partial charge in [-0.15, -0.1) is 0 Å². The third kappa shape index (κ3) is 4.24. The molecule has 0 bridgehead atoms. The maximum absolute atomic E-state index is 12.0. The molecule has 1 saturated heterocycles. The van der Waals surface area contributed by atoms with Gasteiger partial charge in [0.05, 0.1) is 12.2 Å². The molecule has 1 aromatic rings. The van der Waals surface area contributed by atoms with Crippen LogP contribution in [0.4, 0.5) is 4.79 Å². The Labute approximate surface area is 113 Å². The third-order valence-electron chi connectivity index (χ3n) is 3.11. The normalized spacial score (nSPS) is 23.4. The van der Waals surface area contributed by atoms with E-state index in [1.165, 1.54) is 0 Å². The van der Waals surface area contributed by atoms with Gasteiger partial charge in [0.2, 0.25) is 0 Å². The number of amides is 2. The van der Waals surface area contributed by atoms with Crippen molar-refractivity contribution in [1.82, 2.24) is 20.0 Å². The minimum absolute atomic E-state index is 0.00228. The van der Waals surface area contributed by atoms with Crippen LogP contribution in [0.1, 0.15) is 20.3 Å². The zero-order valence-corrected chi connectivity index (χ0v) is 11.6. The molecule has 0 unspecified atom stereocenters. The van der Waals surface area contributed by atoms with Gasteiger partial charge in [-0.25, -0.2) is 4.79 Å². The van der Waals surface area contributed by atoms with E-state index in [0.29, 0.717) is 19.6 Å². The molecule has 19 heavy (non-hydrogen) atoms. The highest BCUT2D eigenvalue weighted by atomic mass is 16.5. The van der Waals surface area contributed by atoms with E-state index >= 15 is 0 Å². The second-order valence-electron chi connectivity index (χ2n) is 5.02. The van der Waals surface area contributed by atoms with Crippen molar-refractivity contribution in [2.75, 3.05) is 19.6 Å². The fraction of sp³-hybridized carbons (Fsp3) is 0.692. The first-order chi connectivity index (χ1) is 9.15. The summed E-state index contributed by atoms with van der Waals surface area (Å²) in [4.78, 5) is 13.8. The average molecular weight is 266 g/mol. The van der Waals surface area contributed by atoms with Crippen molar-refractivity contribution in [3.8, 4) is 0 Å². The van der Waals surface area contributed by atoms with E-state index in [0.717, 1.165) is 13.0 Å². The molecule has 1 aliphatic rings. The van der Waals surface area contributed by atoms with Gasteiger partial charge in [0, 0.05) is 38.6 Å². The smallest absolute Gasteiger partial charge is 0.317 e. The molecule has 2 heterocycles. The third-order valence-corrected chi connectivity index (χ3v) is 3.11. The molecule has 0 saturated carbocycles. The van der Waals surface area contributed by atoms with E-state index in [4.69, 9.17) is 4.74 Å². The number of morpholine rings is 1. The molecule has 1 N–H and O–H groups in total. The lowest BCUT2D eigenvalue weighted by Gasteiger charge is -2.35. The molecule has 106 valence electrons. The van der Waals surface area contributed by atoms with Crippen molar-refractivity contribution in [3.63, 3.8) is 0 Å². The second kappa shape index (κ2) is 6.56. The number of ether oxygens (including phenoxy) is 1. The Hall–Kier alpha value is -1.56. The van der Waals surface area contributed by atoms with Gasteiger partial charge < -0.3 is 15.0 Å². The molecule has 2 rings (SSSR count). The van der Waals surface area contributed by atoms with Crippen LogP contribution in [-0.2, 0) is 11.3 Å². The van der Waals surface area contributed by atoms with Gasteiger partial charge in [0.1, 0.15) is 0 Å². The lowest BCUT2D eigenvalue weighted by atomic mass is 10.2. The molecular formula is C13H22N4O2. The number of urea groups is 1. The fourth-order valence-corrected chi connectivity index (χ4v) is 2.32. The first kappa shape index (κ1) is 13.9. The molecule has 2 amide bonds. The van der Waals surface area contributed by atoms with Crippen LogP contribution in [0.2, 0.25) is 0 Å². The lowest BCUT2D eigenvalue weighted by molar-refractivity contribution is -0.0545. The van der Waals surface area contributed by atoms with E-state index in [1.54, 1.807) is 6.20 Å². The molecular weight excluding hydrogens is 244 g/mol. The topological polar surface area (TPSA) is 59.4 Å². The van der Waals surface area contributed by atoms with Gasteiger partial charge in [-0.2, -0.15) is 5.10 Å². The number of aromatic nitrogens is 2. The number of rotatable bonds is 4. The van der Waals surface area contributed by atoms with Crippen molar-refractivity contribution < 1.29 is 9.53 Å². The van der Waals surface area contributed by atoms with Crippen molar-refractivity contribution in [2.24, 2.45) is 0 Å². The summed E-state index contributed by atoms with van der Waals surface area (Å²) in [5, 5.41) is 7.07. The van der Waals surface area contributed by atoms with E-state index in [9.17, 15) is 4.79 Å². The van der Waals surface area contributed by atoms with Gasteiger partial charge in [0.15, 0.2) is 0 Å². The Morgan fingerprint density at radius 3 is 2.79 bits per heavy atom. The molecule has 0 radical (unpaired) electrons. The molecule has 6 heteroatoms. The standard InChI is InChI=1S/C13H22N4O2/c1-11-9-16(10-12(2)19-11)13(18)14-5-3-7-17-8-4-6-15-17/h4,6,8,11-12H,3,5,7,9-10H2,1-2H3,(H,14,18)/t11-,12+. The van der Waals surface area contributed by atoms with E-state index in [-0.39, 0.29) is 18.2 Å². The molecule has 1 fully saturated rings. The second-order valence-corrected chi connectivity index (χ2v) is 5.02. The van der Waals surface area contributed by atoms with Crippen LogP contribution in [0.25, 0.3) is 0 Å². The molecule has 1 aromatic heterocycles. The van der Waals surface area contributed by atoms with Gasteiger partial charge >= 0.3 is 6.03 Å². The van der Waals surface area contributed by atoms with Crippen LogP contribution in [0.5, 0.6) is 0 Å². The van der Waals surface area contributed by atoms with Crippen LogP contribution >= 0.6 is 0 Å². The average Bonchev–Trinajstić information content (AvgIpc) is 2.86. The maximum atomic E-state index is 12.0. The first-order valence-corrected chi connectivity index (χ1v) is 6.81. The highest BCUT2D eigenvalue weighted by Gasteiger charge is 2.25. The SMILES string of the molecule is C[C@@H]1CN(C(=O)NCCCn2cccn2)C[C@H](C)O1. The Balaban J connectivity index is 1.66. The summed E-state index contributed by atoms with van der Waals surface area (Å²) >= 11 is 0. The minimum Gasteiger partial charge on any atom is -0.372 e. The van der Waals surface area contributed by atoms with Crippen molar-refractivity contribution in [3.05, 3.63) is 18.5 Å². The minimum atomic E-state index is 0.00228. The summed E-state index contributed by atoms with van der Waals surface area (Å²) in [6, 6.07) is 1.90. The Kier molecular flexibility index (Phi) is 4.79. The number of carbonyl (C=O) groups is 1. The molecule has 6 nitrogen and oxygen atoms in total. The summed E-state index contributed by atoms with van der Waals surface area (Å²) in [5.74, 6) is 0. The largest absolute Gasteiger partial charge is 0.372 e. The quantitative estimate of drug-likeness (QED) is 0.830. The molecule has 0 spiro atoms. The highest BCUT2D eigenvalue weighted by Crippen LogP contribution is 2.10. The van der Waals surface area contributed by atoms with Crippen LogP contribution in [0.3, 0.4) is 0 Å². The molecule has 0 aromatic carbocycles. The van der Waals surface area contributed by atoms with Crippen molar-refractivity contribution in [1.29, 1.82) is 0 Å². The predicted octanol–water partition coefficient (Wildman–Crippen LogP) is 1.09. The molecule has 1 aliphatic heterocycles. The number of hydrogen-bond donors (Lipinski definition) is 1. The van der Waals surface area contributed by atoms with E-state index < -0.39 is 0 Å². The number of aryl methyl sites for hydroxylation is 1. The van der Waals surface area contributed by atoms with Crippen molar-refractivity contribution >= 4 is 6.03 Å². The van der Waals surface area contributed by atoms with Crippen LogP contribution < -0.4 is 5.32 Å². The lowest BCUT2D eigenvalue weighted by Crippen LogP contribution is -2.51. The number of carbonyl (C=O) groups excluding carboxylic acids is 1. The van der Waals surface area contributed by atoms with Crippen LogP contribution in [0, 0.1) is 0 Å². The van der Waals surface area contributed by atoms with Gasteiger partial charge in [-0.1, -0.05) is 0 Å². The molecule has 0 aliphatic carbocycles. The summed E-state index contributed by atoms with van der Waals surface area (Å²) in [6.45, 7) is 6.80. The highest BCUT2D eigenvalue weighted by molar-refractivity contribution is 5.74. The van der Waals surface area contributed by atoms with Gasteiger partial charge in [-0.3, -0.25) is 4.68 Å². The fourth-order valence-electron chi connectivity index (χ4n) is 2.32. The van der Waals surface area contributed by atoms with Crippen LogP contribution in [-0.4, -0.2) is 52.6 Å². The number of nitrogens with zero attached hydrogens (tertiary/aromatic N) is 3. The summed E-state index contributed by atoms with van der Waals surface area (Å²) in [5.41, 5.74) is 0. The number of nitrogens with one attached hydrogen (secondary N) is 1. The summed E-state index contributed by atoms with van der Waals surface area (Å²) in [7, 11) is 0. The summed E-state index contributed by atoms with van der Waals surface area (Å²) in [6.07, 6.45) is 4.78. The Morgan fingerprint density at radius 1 is 1.42 bits per heavy atom. The number of hydrogen-bond acceptors (Lipinski definition) is 3. The van der Waals surface area contributed by atoms with Crippen LogP contribution in [0.15, 0.2) is 18.5 Å².